The number of nitro groups is 1. The van der Waals surface area contributed by atoms with Crippen LogP contribution in [0, 0.1) is 24.0 Å². The minimum Gasteiger partial charge on any atom is -0.296 e. The quantitative estimate of drug-likeness (QED) is 0.686. The first-order valence-corrected chi connectivity index (χ1v) is 6.16. The van der Waals surface area contributed by atoms with Crippen LogP contribution in [-0.4, -0.2) is 21.0 Å². The van der Waals surface area contributed by atoms with Gasteiger partial charge in [0.15, 0.2) is 0 Å². The maximum Gasteiger partial charge on any atom is 0.273 e. The summed E-state index contributed by atoms with van der Waals surface area (Å²) >= 11 is 1.24. The molecule has 0 spiro atoms. The van der Waals surface area contributed by atoms with E-state index in [-0.39, 0.29) is 11.3 Å². The van der Waals surface area contributed by atoms with Crippen molar-refractivity contribution < 1.29 is 9.72 Å². The van der Waals surface area contributed by atoms with Crippen molar-refractivity contribution in [2.75, 3.05) is 5.32 Å². The molecule has 19 heavy (non-hydrogen) atoms. The van der Waals surface area contributed by atoms with E-state index in [0.717, 1.165) is 5.01 Å². The van der Waals surface area contributed by atoms with Gasteiger partial charge in [-0.2, -0.15) is 0 Å². The second-order valence-corrected chi connectivity index (χ2v) is 4.97. The van der Waals surface area contributed by atoms with Gasteiger partial charge in [0.05, 0.1) is 4.92 Å². The standard InChI is InChI=1S/C11H10N4O3S/c1-6-8(4-3-5-9(6)15(17)18)10(16)12-11-14-13-7(2)19-11/h3-5H,1-2H3,(H,12,14,16). The average Bonchev–Trinajstić information content (AvgIpc) is 2.74. The highest BCUT2D eigenvalue weighted by atomic mass is 32.1. The number of benzene rings is 1. The molecule has 1 aromatic heterocycles. The number of nitrogens with one attached hydrogen (secondary N) is 1. The molecule has 0 atom stereocenters. The van der Waals surface area contributed by atoms with Gasteiger partial charge >= 0.3 is 0 Å². The second kappa shape index (κ2) is 5.11. The molecule has 0 unspecified atom stereocenters. The monoisotopic (exact) mass is 278 g/mol. The topological polar surface area (TPSA) is 98.0 Å². The number of hydrogen-bond acceptors (Lipinski definition) is 6. The van der Waals surface area contributed by atoms with Crippen LogP contribution in [0.1, 0.15) is 20.9 Å². The maximum absolute atomic E-state index is 12.0. The second-order valence-electron chi connectivity index (χ2n) is 3.79. The lowest BCUT2D eigenvalue weighted by Crippen LogP contribution is -2.14. The first-order valence-electron chi connectivity index (χ1n) is 5.34. The van der Waals surface area contributed by atoms with E-state index >= 15 is 0 Å². The summed E-state index contributed by atoms with van der Waals surface area (Å²) in [6, 6.07) is 4.37. The van der Waals surface area contributed by atoms with Crippen LogP contribution in [0.15, 0.2) is 18.2 Å². The van der Waals surface area contributed by atoms with Crippen LogP contribution < -0.4 is 5.32 Å². The molecule has 2 aromatic rings. The molecule has 0 aliphatic heterocycles. The van der Waals surface area contributed by atoms with Crippen molar-refractivity contribution in [2.24, 2.45) is 0 Å². The number of nitrogens with zero attached hydrogens (tertiary/aromatic N) is 3. The predicted octanol–water partition coefficient (Wildman–Crippen LogP) is 2.32. The van der Waals surface area contributed by atoms with E-state index < -0.39 is 10.8 Å². The van der Waals surface area contributed by atoms with E-state index in [0.29, 0.717) is 10.7 Å². The van der Waals surface area contributed by atoms with Crippen molar-refractivity contribution in [1.82, 2.24) is 10.2 Å². The van der Waals surface area contributed by atoms with E-state index in [1.807, 2.05) is 0 Å². The molecule has 1 aromatic carbocycles. The van der Waals surface area contributed by atoms with Gasteiger partial charge in [0, 0.05) is 17.2 Å². The molecule has 0 saturated carbocycles. The zero-order valence-corrected chi connectivity index (χ0v) is 11.0. The van der Waals surface area contributed by atoms with Crippen LogP contribution in [0.2, 0.25) is 0 Å². The molecule has 1 heterocycles. The SMILES string of the molecule is Cc1nnc(NC(=O)c2cccc([N+](=O)[O-])c2C)s1. The Bertz CT molecular complexity index is 653. The predicted molar refractivity (Wildman–Crippen MR) is 70.4 cm³/mol. The lowest BCUT2D eigenvalue weighted by atomic mass is 10.1. The van der Waals surface area contributed by atoms with Gasteiger partial charge in [-0.05, 0) is 19.9 Å². The van der Waals surface area contributed by atoms with Gasteiger partial charge in [-0.1, -0.05) is 17.4 Å². The number of hydrogen-bond donors (Lipinski definition) is 1. The van der Waals surface area contributed by atoms with Crippen molar-refractivity contribution in [3.63, 3.8) is 0 Å². The molecule has 2 rings (SSSR count). The van der Waals surface area contributed by atoms with E-state index in [1.165, 1.54) is 29.5 Å². The Morgan fingerprint density at radius 2 is 2.11 bits per heavy atom. The molecule has 0 bridgehead atoms. The molecule has 0 fully saturated rings. The van der Waals surface area contributed by atoms with Gasteiger partial charge in [-0.3, -0.25) is 20.2 Å². The molecule has 8 heteroatoms. The van der Waals surface area contributed by atoms with Crippen LogP contribution in [0.4, 0.5) is 10.8 Å². The van der Waals surface area contributed by atoms with E-state index in [9.17, 15) is 14.9 Å². The molecule has 1 N–H and O–H groups in total. The first kappa shape index (κ1) is 13.1. The third-order valence-electron chi connectivity index (χ3n) is 2.49. The number of nitro benzene ring substituents is 1. The fourth-order valence-electron chi connectivity index (χ4n) is 1.58. The normalized spacial score (nSPS) is 10.2. The van der Waals surface area contributed by atoms with E-state index in [1.54, 1.807) is 13.8 Å². The summed E-state index contributed by atoms with van der Waals surface area (Å²) in [6.07, 6.45) is 0. The smallest absolute Gasteiger partial charge is 0.273 e. The van der Waals surface area contributed by atoms with Crippen molar-refractivity contribution in [1.29, 1.82) is 0 Å². The maximum atomic E-state index is 12.0. The third-order valence-corrected chi connectivity index (χ3v) is 3.25. The van der Waals surface area contributed by atoms with Gasteiger partial charge in [0.2, 0.25) is 5.13 Å². The highest BCUT2D eigenvalue weighted by molar-refractivity contribution is 7.15. The number of rotatable bonds is 3. The first-order chi connectivity index (χ1) is 8.99. The summed E-state index contributed by atoms with van der Waals surface area (Å²) < 4.78 is 0. The van der Waals surface area contributed by atoms with Crippen LogP contribution in [0.3, 0.4) is 0 Å². The molecule has 0 aliphatic rings. The van der Waals surface area contributed by atoms with Gasteiger partial charge in [0.25, 0.3) is 11.6 Å². The molecule has 0 radical (unpaired) electrons. The Labute approximate surface area is 112 Å². The van der Waals surface area contributed by atoms with Crippen molar-refractivity contribution in [3.05, 3.63) is 44.4 Å². The van der Waals surface area contributed by atoms with Crippen LogP contribution in [0.5, 0.6) is 0 Å². The zero-order valence-electron chi connectivity index (χ0n) is 10.2. The largest absolute Gasteiger partial charge is 0.296 e. The lowest BCUT2D eigenvalue weighted by molar-refractivity contribution is -0.385. The minimum absolute atomic E-state index is 0.0823. The van der Waals surface area contributed by atoms with Gasteiger partial charge in [-0.15, -0.1) is 10.2 Å². The summed E-state index contributed by atoms with van der Waals surface area (Å²) in [5.74, 6) is -0.433. The molecule has 7 nitrogen and oxygen atoms in total. The molecule has 98 valence electrons. The van der Waals surface area contributed by atoms with Crippen LogP contribution in [-0.2, 0) is 0 Å². The third kappa shape index (κ3) is 2.74. The molecule has 0 aliphatic carbocycles. The zero-order chi connectivity index (χ0) is 14.0. The van der Waals surface area contributed by atoms with Crippen molar-refractivity contribution in [3.8, 4) is 0 Å². The number of amides is 1. The Balaban J connectivity index is 2.29. The average molecular weight is 278 g/mol. The summed E-state index contributed by atoms with van der Waals surface area (Å²) in [5.41, 5.74) is 0.495. The number of carbonyl (C=O) groups is 1. The van der Waals surface area contributed by atoms with Gasteiger partial charge < -0.3 is 0 Å². The Hall–Kier alpha value is -2.35. The lowest BCUT2D eigenvalue weighted by Gasteiger charge is -2.05. The number of carbonyl (C=O) groups excluding carboxylic acids is 1. The Morgan fingerprint density at radius 3 is 2.68 bits per heavy atom. The van der Waals surface area contributed by atoms with Crippen molar-refractivity contribution >= 4 is 28.1 Å². The Morgan fingerprint density at radius 1 is 1.37 bits per heavy atom. The van der Waals surface area contributed by atoms with E-state index in [4.69, 9.17) is 0 Å². The summed E-state index contributed by atoms with van der Waals surface area (Å²) in [5, 5.41) is 22.0. The number of anilines is 1. The van der Waals surface area contributed by atoms with Crippen molar-refractivity contribution in [2.45, 2.75) is 13.8 Å². The summed E-state index contributed by atoms with van der Waals surface area (Å²) in [7, 11) is 0. The number of aryl methyl sites for hydroxylation is 1. The van der Waals surface area contributed by atoms with Crippen LogP contribution >= 0.6 is 11.3 Å². The van der Waals surface area contributed by atoms with Gasteiger partial charge in [0.1, 0.15) is 5.01 Å². The van der Waals surface area contributed by atoms with Gasteiger partial charge in [-0.25, -0.2) is 0 Å². The minimum atomic E-state index is -0.513. The Kier molecular flexibility index (Phi) is 3.52. The summed E-state index contributed by atoms with van der Waals surface area (Å²) in [4.78, 5) is 22.3. The van der Waals surface area contributed by atoms with Crippen LogP contribution in [0.25, 0.3) is 0 Å². The van der Waals surface area contributed by atoms with E-state index in [2.05, 4.69) is 15.5 Å². The highest BCUT2D eigenvalue weighted by Gasteiger charge is 2.18. The fourth-order valence-corrected chi connectivity index (χ4v) is 2.17. The highest BCUT2D eigenvalue weighted by Crippen LogP contribution is 2.22. The molecule has 0 saturated heterocycles. The molecular formula is C11H10N4O3S. The number of aromatic nitrogens is 2. The molecular weight excluding hydrogens is 268 g/mol. The fraction of sp³-hybridized carbons (Fsp3) is 0.182. The summed E-state index contributed by atoms with van der Waals surface area (Å²) in [6.45, 7) is 3.31. The molecule has 1 amide bonds.